The molecular weight excluding hydrogens is 470 g/mol. The Balaban J connectivity index is 0.00000289. The first kappa shape index (κ1) is 29.2. The van der Waals surface area contributed by atoms with Gasteiger partial charge in [0.15, 0.2) is 0 Å². The van der Waals surface area contributed by atoms with Gasteiger partial charge in [0, 0.05) is 0 Å². The van der Waals surface area contributed by atoms with Crippen molar-refractivity contribution in [1.82, 2.24) is 0 Å². The molecule has 2 N–H and O–H groups in total. The number of rotatable bonds is 6. The molecule has 10 nitrogen and oxygen atoms in total. The summed E-state index contributed by atoms with van der Waals surface area (Å²) in [5.74, 6) is -7.07. The van der Waals surface area contributed by atoms with Crippen LogP contribution in [0.3, 0.4) is 0 Å². The molecule has 0 aliphatic heterocycles. The molecule has 0 spiro atoms. The van der Waals surface area contributed by atoms with E-state index in [9.17, 15) is 29.4 Å². The van der Waals surface area contributed by atoms with Crippen LogP contribution in [0.2, 0.25) is 0 Å². The number of benzene rings is 3. The maximum Gasteiger partial charge on any atom is 1.00 e. The number of hydrogen-bond donors (Lipinski definition) is 2. The van der Waals surface area contributed by atoms with Crippen LogP contribution in [0.1, 0.15) is 41.4 Å². The van der Waals surface area contributed by atoms with Crippen LogP contribution in [0.5, 0.6) is 23.0 Å². The third-order valence-corrected chi connectivity index (χ3v) is 4.15. The Morgan fingerprint density at radius 1 is 0.588 bits per heavy atom. The fraction of sp³-hybridized carbons (Fsp3) is 0. The second-order valence-electron chi connectivity index (χ2n) is 6.25. The number of aromatic carboxylic acids is 2. The first-order valence-corrected chi connectivity index (χ1v) is 8.79. The largest absolute Gasteiger partial charge is 1.00 e. The van der Waals surface area contributed by atoms with Gasteiger partial charge in [0.05, 0.1) is 22.3 Å². The Morgan fingerprint density at radius 2 is 0.941 bits per heavy atom. The zero-order valence-electron chi connectivity index (χ0n) is 17.9. The average Bonchev–Trinajstić information content (AvgIpc) is 2.76. The molecule has 0 bridgehead atoms. The zero-order valence-corrected chi connectivity index (χ0v) is 21.9. The van der Waals surface area contributed by atoms with Crippen LogP contribution >= 0.6 is 0 Å². The van der Waals surface area contributed by atoms with E-state index < -0.39 is 46.5 Å². The molecule has 0 amide bonds. The summed E-state index contributed by atoms with van der Waals surface area (Å²) in [5.41, 5.74) is -1.67. The van der Waals surface area contributed by atoms with Gasteiger partial charge in [-0.15, -0.1) is 0 Å². The average molecular weight is 482 g/mol. The summed E-state index contributed by atoms with van der Waals surface area (Å²) >= 11 is 0. The van der Waals surface area contributed by atoms with Crippen molar-refractivity contribution >= 4 is 23.9 Å². The molecule has 34 heavy (non-hydrogen) atoms. The molecule has 0 aliphatic carbocycles. The van der Waals surface area contributed by atoms with E-state index in [-0.39, 0.29) is 81.7 Å². The molecule has 0 aliphatic rings. The van der Waals surface area contributed by atoms with Gasteiger partial charge in [-0.3, -0.25) is 0 Å². The van der Waals surface area contributed by atoms with Gasteiger partial charge < -0.3 is 29.9 Å². The molecular formula is C22H12Na2O10. The molecule has 3 aromatic carbocycles. The van der Waals surface area contributed by atoms with Crippen molar-refractivity contribution in [3.8, 4) is 23.0 Å². The minimum absolute atomic E-state index is 0. The monoisotopic (exact) mass is 482 g/mol. The van der Waals surface area contributed by atoms with Crippen molar-refractivity contribution in [3.63, 3.8) is 0 Å². The van der Waals surface area contributed by atoms with E-state index in [2.05, 4.69) is 0 Å². The molecule has 3 rings (SSSR count). The first-order chi connectivity index (χ1) is 15.2. The summed E-state index contributed by atoms with van der Waals surface area (Å²) in [4.78, 5) is 47.3. The van der Waals surface area contributed by atoms with E-state index in [4.69, 9.17) is 19.7 Å². The van der Waals surface area contributed by atoms with Gasteiger partial charge in [0.1, 0.15) is 11.5 Å². The maximum absolute atomic E-state index is 12.6. The molecule has 0 heterocycles. The van der Waals surface area contributed by atoms with Crippen molar-refractivity contribution in [3.05, 3.63) is 82.9 Å². The molecule has 0 saturated heterocycles. The number of carbonyl (C=O) groups is 4. The van der Waals surface area contributed by atoms with Gasteiger partial charge in [-0.2, -0.15) is 0 Å². The smallest absolute Gasteiger partial charge is 0.872 e. The van der Waals surface area contributed by atoms with Crippen molar-refractivity contribution in [2.75, 3.05) is 0 Å². The predicted octanol–water partition coefficient (Wildman–Crippen LogP) is -4.32. The van der Waals surface area contributed by atoms with E-state index in [0.717, 1.165) is 36.4 Å². The van der Waals surface area contributed by atoms with E-state index >= 15 is 0 Å². The number of carboxylic acid groups (broad SMARTS) is 2. The van der Waals surface area contributed by atoms with Gasteiger partial charge in [0.25, 0.3) is 0 Å². The fourth-order valence-corrected chi connectivity index (χ4v) is 2.64. The molecule has 0 saturated carbocycles. The second kappa shape index (κ2) is 12.6. The molecule has 0 aromatic heterocycles. The Kier molecular flexibility index (Phi) is 10.8. The molecule has 0 fully saturated rings. The van der Waals surface area contributed by atoms with Crippen molar-refractivity contribution in [1.29, 1.82) is 0 Å². The first-order valence-electron chi connectivity index (χ1n) is 8.79. The summed E-state index contributed by atoms with van der Waals surface area (Å²) < 4.78 is 10.2. The number of carbonyl (C=O) groups excluding carboxylic acids is 2. The normalized spacial score (nSPS) is 9.65. The summed E-state index contributed by atoms with van der Waals surface area (Å²) in [6.07, 6.45) is 0. The summed E-state index contributed by atoms with van der Waals surface area (Å²) in [6, 6.07) is 11.2. The second-order valence-corrected chi connectivity index (χ2v) is 6.25. The third kappa shape index (κ3) is 6.83. The third-order valence-electron chi connectivity index (χ3n) is 4.15. The number of carboxylic acids is 2. The van der Waals surface area contributed by atoms with Gasteiger partial charge in [0.2, 0.25) is 0 Å². The van der Waals surface area contributed by atoms with Crippen LogP contribution in [-0.2, 0) is 0 Å². The van der Waals surface area contributed by atoms with Crippen LogP contribution in [0.25, 0.3) is 0 Å². The van der Waals surface area contributed by atoms with Crippen LogP contribution < -0.4 is 78.8 Å². The van der Waals surface area contributed by atoms with E-state index in [0.29, 0.717) is 0 Å². The minimum Gasteiger partial charge on any atom is -0.872 e. The van der Waals surface area contributed by atoms with Gasteiger partial charge in [-0.25, -0.2) is 19.2 Å². The Labute approximate surface area is 236 Å². The van der Waals surface area contributed by atoms with Crippen LogP contribution in [0.4, 0.5) is 0 Å². The molecule has 0 unspecified atom stereocenters. The van der Waals surface area contributed by atoms with Crippen molar-refractivity contribution in [2.45, 2.75) is 0 Å². The van der Waals surface area contributed by atoms with Crippen molar-refractivity contribution < 1.29 is 108 Å². The van der Waals surface area contributed by atoms with Crippen LogP contribution in [-0.4, -0.2) is 34.1 Å². The molecule has 162 valence electrons. The van der Waals surface area contributed by atoms with Gasteiger partial charge in [-0.1, -0.05) is 35.8 Å². The molecule has 0 atom stereocenters. The maximum atomic E-state index is 12.6. The van der Waals surface area contributed by atoms with E-state index in [1.54, 1.807) is 0 Å². The Bertz CT molecular complexity index is 1160. The molecule has 0 radical (unpaired) electrons. The minimum atomic E-state index is -1.50. The number of esters is 2. The quantitative estimate of drug-likeness (QED) is 0.199. The zero-order chi connectivity index (χ0) is 23.4. The molecule has 12 heteroatoms. The summed E-state index contributed by atoms with van der Waals surface area (Å²) in [6.45, 7) is 0. The SMILES string of the molecule is O=C(O)c1cc(OC(=O)c2ccccc2C(=O)Oc2ccc([O-])c(C(=O)O)c2)ccc1[O-].[Na+].[Na+]. The van der Waals surface area contributed by atoms with E-state index in [1.165, 1.54) is 24.3 Å². The topological polar surface area (TPSA) is 173 Å². The number of hydrogen-bond acceptors (Lipinski definition) is 8. The summed E-state index contributed by atoms with van der Waals surface area (Å²) in [5, 5.41) is 41.1. The molecule has 3 aromatic rings. The standard InChI is InChI=1S/C22H14O10.2Na/c23-17-7-5-11(9-15(17)19(25)26)31-21(29)13-3-1-2-4-14(13)22(30)32-12-6-8-18(24)16(10-12)20(27)28;;/h1-10,23-24H,(H,25,26)(H,27,28);;/q;2*+1/p-2. The van der Waals surface area contributed by atoms with Crippen LogP contribution in [0.15, 0.2) is 60.7 Å². The Morgan fingerprint density at radius 3 is 1.26 bits per heavy atom. The van der Waals surface area contributed by atoms with Crippen molar-refractivity contribution in [2.24, 2.45) is 0 Å². The fourth-order valence-electron chi connectivity index (χ4n) is 2.64. The number of ether oxygens (including phenoxy) is 2. The van der Waals surface area contributed by atoms with Crippen LogP contribution in [0, 0.1) is 0 Å². The predicted molar refractivity (Wildman–Crippen MR) is 102 cm³/mol. The van der Waals surface area contributed by atoms with Gasteiger partial charge in [-0.05, 0) is 36.4 Å². The summed E-state index contributed by atoms with van der Waals surface area (Å²) in [7, 11) is 0. The van der Waals surface area contributed by atoms with Gasteiger partial charge >= 0.3 is 83.0 Å². The van der Waals surface area contributed by atoms with E-state index in [1.807, 2.05) is 0 Å². The Hall–Kier alpha value is -2.86.